The van der Waals surface area contributed by atoms with E-state index in [-0.39, 0.29) is 5.75 Å². The van der Waals surface area contributed by atoms with Gasteiger partial charge in [-0.3, -0.25) is 4.98 Å². The second-order valence-corrected chi connectivity index (χ2v) is 7.72. The predicted octanol–water partition coefficient (Wildman–Crippen LogP) is 4.61. The summed E-state index contributed by atoms with van der Waals surface area (Å²) in [5.41, 5.74) is -3.68. The molecule has 0 amide bonds. The van der Waals surface area contributed by atoms with Gasteiger partial charge < -0.3 is 10.1 Å². The van der Waals surface area contributed by atoms with Crippen LogP contribution in [0.15, 0.2) is 42.7 Å². The Bertz CT molecular complexity index is 1120. The number of halogens is 3. The summed E-state index contributed by atoms with van der Waals surface area (Å²) >= 11 is 0. The number of nitrogens with one attached hydrogen (secondary N) is 1. The summed E-state index contributed by atoms with van der Waals surface area (Å²) < 4.78 is 48.8. The lowest BCUT2D eigenvalue weighted by molar-refractivity contribution is -0.0794. The third kappa shape index (κ3) is 4.24. The maximum absolute atomic E-state index is 14.4. The van der Waals surface area contributed by atoms with Gasteiger partial charge in [0.1, 0.15) is 29.1 Å². The van der Waals surface area contributed by atoms with Crippen LogP contribution in [0.25, 0.3) is 16.9 Å². The fourth-order valence-corrected chi connectivity index (χ4v) is 2.73. The molecule has 1 aromatic carbocycles. The van der Waals surface area contributed by atoms with Crippen LogP contribution in [0.2, 0.25) is 0 Å². The van der Waals surface area contributed by atoms with Crippen molar-refractivity contribution in [3.8, 4) is 28.8 Å². The SMILES string of the molecule is CNc1cc(-c2cc(F)cc(OC(C)(C)C(F)(F)P)c2)n(-c2cnccc2C#N)n1. The normalized spacial score (nSPS) is 11.8. The molecule has 3 rings (SSSR count). The lowest BCUT2D eigenvalue weighted by Crippen LogP contribution is -2.43. The lowest BCUT2D eigenvalue weighted by Gasteiger charge is -2.32. The first-order chi connectivity index (χ1) is 14.1. The van der Waals surface area contributed by atoms with Crippen molar-refractivity contribution in [3.63, 3.8) is 0 Å². The summed E-state index contributed by atoms with van der Waals surface area (Å²) in [7, 11) is 3.10. The van der Waals surface area contributed by atoms with Crippen molar-refractivity contribution < 1.29 is 17.9 Å². The maximum Gasteiger partial charge on any atom is 0.296 e. The molecule has 0 aliphatic rings. The van der Waals surface area contributed by atoms with Crippen LogP contribution in [0.4, 0.5) is 19.0 Å². The molecular formula is C20H19F3N5OP. The molecule has 0 radical (unpaired) electrons. The molecule has 0 aliphatic heterocycles. The van der Waals surface area contributed by atoms with E-state index in [2.05, 4.69) is 21.5 Å². The number of pyridine rings is 1. The molecule has 1 unspecified atom stereocenters. The van der Waals surface area contributed by atoms with E-state index in [9.17, 15) is 18.4 Å². The van der Waals surface area contributed by atoms with Gasteiger partial charge in [-0.05, 0) is 32.0 Å². The van der Waals surface area contributed by atoms with Gasteiger partial charge in [-0.15, -0.1) is 5.10 Å². The molecule has 0 saturated heterocycles. The first-order valence-corrected chi connectivity index (χ1v) is 9.42. The monoisotopic (exact) mass is 433 g/mol. The van der Waals surface area contributed by atoms with E-state index in [1.807, 2.05) is 0 Å². The minimum absolute atomic E-state index is 0.0671. The Balaban J connectivity index is 2.14. The standard InChI is InChI=1S/C20H19F3N5OP/c1-19(2,20(22,23)30)29-15-7-13(6-14(21)8-15)16-9-18(25-3)27-28(16)17-11-26-5-4-12(17)10-24/h4-9,11H,30H2,1-3H3,(H,25,27). The number of anilines is 1. The molecule has 10 heteroatoms. The molecule has 0 fully saturated rings. The number of hydrogen-bond donors (Lipinski definition) is 1. The molecule has 156 valence electrons. The first-order valence-electron chi connectivity index (χ1n) is 8.84. The summed E-state index contributed by atoms with van der Waals surface area (Å²) in [4.78, 5) is 4.03. The van der Waals surface area contributed by atoms with Crippen molar-refractivity contribution in [2.45, 2.75) is 25.1 Å². The Hall–Kier alpha value is -3.11. The van der Waals surface area contributed by atoms with Gasteiger partial charge in [-0.25, -0.2) is 9.07 Å². The van der Waals surface area contributed by atoms with Crippen LogP contribution in [-0.4, -0.2) is 33.1 Å². The number of rotatable bonds is 6. The van der Waals surface area contributed by atoms with Crippen LogP contribution in [0.5, 0.6) is 5.75 Å². The Morgan fingerprint density at radius 2 is 1.97 bits per heavy atom. The van der Waals surface area contributed by atoms with Crippen LogP contribution in [0.3, 0.4) is 0 Å². The van der Waals surface area contributed by atoms with Crippen molar-refractivity contribution in [2.75, 3.05) is 12.4 Å². The average Bonchev–Trinajstić information content (AvgIpc) is 3.10. The van der Waals surface area contributed by atoms with Crippen LogP contribution >= 0.6 is 9.24 Å². The summed E-state index contributed by atoms with van der Waals surface area (Å²) in [5, 5.41) is 16.7. The molecule has 0 saturated carbocycles. The lowest BCUT2D eigenvalue weighted by atomic mass is 10.1. The van der Waals surface area contributed by atoms with E-state index in [0.29, 0.717) is 28.3 Å². The largest absolute Gasteiger partial charge is 0.481 e. The predicted molar refractivity (Wildman–Crippen MR) is 110 cm³/mol. The van der Waals surface area contributed by atoms with Gasteiger partial charge in [0.05, 0.1) is 17.5 Å². The quantitative estimate of drug-likeness (QED) is 0.575. The number of nitrogens with zero attached hydrogens (tertiary/aromatic N) is 4. The van der Waals surface area contributed by atoms with E-state index in [1.165, 1.54) is 58.4 Å². The zero-order chi connectivity index (χ0) is 22.1. The van der Waals surface area contributed by atoms with E-state index in [4.69, 9.17) is 4.74 Å². The summed E-state index contributed by atoms with van der Waals surface area (Å²) in [6, 6.07) is 8.94. The molecular weight excluding hydrogens is 414 g/mol. The first kappa shape index (κ1) is 21.6. The number of nitriles is 1. The van der Waals surface area contributed by atoms with Gasteiger partial charge in [-0.1, -0.05) is 9.24 Å². The van der Waals surface area contributed by atoms with Crippen LogP contribution in [0, 0.1) is 17.1 Å². The van der Waals surface area contributed by atoms with Crippen molar-refractivity contribution in [1.82, 2.24) is 14.8 Å². The molecule has 1 atom stereocenters. The Kier molecular flexibility index (Phi) is 5.73. The van der Waals surface area contributed by atoms with Gasteiger partial charge in [0.15, 0.2) is 5.60 Å². The van der Waals surface area contributed by atoms with Crippen molar-refractivity contribution in [3.05, 3.63) is 54.1 Å². The van der Waals surface area contributed by atoms with E-state index in [0.717, 1.165) is 6.07 Å². The Morgan fingerprint density at radius 3 is 2.60 bits per heavy atom. The maximum atomic E-state index is 14.4. The highest BCUT2D eigenvalue weighted by molar-refractivity contribution is 7.18. The molecule has 6 nitrogen and oxygen atoms in total. The number of benzene rings is 1. The van der Waals surface area contributed by atoms with E-state index >= 15 is 0 Å². The smallest absolute Gasteiger partial charge is 0.296 e. The molecule has 2 heterocycles. The van der Waals surface area contributed by atoms with Crippen LogP contribution < -0.4 is 10.1 Å². The average molecular weight is 433 g/mol. The Labute approximate surface area is 173 Å². The number of ether oxygens (including phenoxy) is 1. The molecule has 2 aromatic heterocycles. The summed E-state index contributed by atoms with van der Waals surface area (Å²) in [5.74, 6) is -0.278. The molecule has 0 spiro atoms. The van der Waals surface area contributed by atoms with Gasteiger partial charge in [0.25, 0.3) is 5.66 Å². The number of aromatic nitrogens is 3. The minimum atomic E-state index is -3.24. The second-order valence-electron chi connectivity index (χ2n) is 6.99. The molecule has 1 N–H and O–H groups in total. The highest BCUT2D eigenvalue weighted by Crippen LogP contribution is 2.39. The van der Waals surface area contributed by atoms with Gasteiger partial charge in [0.2, 0.25) is 0 Å². The van der Waals surface area contributed by atoms with Crippen LogP contribution in [0.1, 0.15) is 19.4 Å². The van der Waals surface area contributed by atoms with Crippen molar-refractivity contribution in [1.29, 1.82) is 5.26 Å². The summed E-state index contributed by atoms with van der Waals surface area (Å²) in [6.07, 6.45) is 2.94. The van der Waals surface area contributed by atoms with Crippen molar-refractivity contribution in [2.24, 2.45) is 0 Å². The molecule has 0 bridgehead atoms. The molecule has 3 aromatic rings. The van der Waals surface area contributed by atoms with Crippen molar-refractivity contribution >= 4 is 15.1 Å². The van der Waals surface area contributed by atoms with Gasteiger partial charge >= 0.3 is 0 Å². The second kappa shape index (κ2) is 7.96. The fourth-order valence-electron chi connectivity index (χ4n) is 2.67. The zero-order valence-electron chi connectivity index (χ0n) is 16.4. The minimum Gasteiger partial charge on any atom is -0.481 e. The van der Waals surface area contributed by atoms with Gasteiger partial charge in [0, 0.05) is 30.9 Å². The highest BCUT2D eigenvalue weighted by atomic mass is 31.0. The van der Waals surface area contributed by atoms with Crippen LogP contribution in [-0.2, 0) is 0 Å². The molecule has 0 aliphatic carbocycles. The fraction of sp³-hybridized carbons (Fsp3) is 0.250. The number of hydrogen-bond acceptors (Lipinski definition) is 5. The topological polar surface area (TPSA) is 75.8 Å². The third-order valence-electron chi connectivity index (χ3n) is 4.46. The van der Waals surface area contributed by atoms with E-state index < -0.39 is 17.1 Å². The van der Waals surface area contributed by atoms with Gasteiger partial charge in [-0.2, -0.15) is 14.0 Å². The zero-order valence-corrected chi connectivity index (χ0v) is 17.6. The third-order valence-corrected chi connectivity index (χ3v) is 5.15. The molecule has 30 heavy (non-hydrogen) atoms. The summed E-state index contributed by atoms with van der Waals surface area (Å²) in [6.45, 7) is 2.42. The Morgan fingerprint density at radius 1 is 1.23 bits per heavy atom. The number of alkyl halides is 2. The van der Waals surface area contributed by atoms with E-state index in [1.54, 1.807) is 13.1 Å². The highest BCUT2D eigenvalue weighted by Gasteiger charge is 2.44.